The molecule has 3 N–H and O–H groups in total. The molecule has 1 saturated heterocycles. The molecule has 220 valence electrons. The maximum Gasteiger partial charge on any atom is 0.416 e. The van der Waals surface area contributed by atoms with Crippen molar-refractivity contribution in [2.75, 3.05) is 62.3 Å². The molecule has 0 bridgehead atoms. The van der Waals surface area contributed by atoms with Gasteiger partial charge in [-0.15, -0.1) is 0 Å². The highest BCUT2D eigenvalue weighted by Crippen LogP contribution is 2.30. The van der Waals surface area contributed by atoms with Gasteiger partial charge in [-0.25, -0.2) is 4.98 Å². The fourth-order valence-corrected chi connectivity index (χ4v) is 5.53. The quantitative estimate of drug-likeness (QED) is 0.239. The second-order valence-corrected chi connectivity index (χ2v) is 11.3. The van der Waals surface area contributed by atoms with Gasteiger partial charge >= 0.3 is 6.18 Å². The van der Waals surface area contributed by atoms with E-state index in [2.05, 4.69) is 37.8 Å². The van der Waals surface area contributed by atoms with Crippen molar-refractivity contribution in [3.63, 3.8) is 0 Å². The molecule has 1 aliphatic heterocycles. The summed E-state index contributed by atoms with van der Waals surface area (Å²) in [5.41, 5.74) is 1.79. The van der Waals surface area contributed by atoms with Crippen LogP contribution in [0.1, 0.15) is 31.8 Å². The van der Waals surface area contributed by atoms with Gasteiger partial charge in [0.05, 0.1) is 15.8 Å². The predicted octanol–water partition coefficient (Wildman–Crippen LogP) is 5.79. The Kier molecular flexibility index (Phi) is 8.76. The van der Waals surface area contributed by atoms with Crippen molar-refractivity contribution in [1.82, 2.24) is 14.8 Å². The lowest BCUT2D eigenvalue weighted by Crippen LogP contribution is -2.45. The van der Waals surface area contributed by atoms with Gasteiger partial charge in [0.25, 0.3) is 11.8 Å². The highest BCUT2D eigenvalue weighted by Gasteiger charge is 2.31. The van der Waals surface area contributed by atoms with Gasteiger partial charge in [0.15, 0.2) is 5.13 Å². The highest BCUT2D eigenvalue weighted by atomic mass is 32.1. The van der Waals surface area contributed by atoms with Crippen LogP contribution in [0.3, 0.4) is 0 Å². The third-order valence-electron chi connectivity index (χ3n) is 7.15. The zero-order chi connectivity index (χ0) is 29.9. The number of carbonyl (C=O) groups excluding carboxylic acids is 2. The molecule has 0 radical (unpaired) electrons. The molecule has 8 nitrogen and oxygen atoms in total. The van der Waals surface area contributed by atoms with Crippen molar-refractivity contribution < 1.29 is 22.8 Å². The number of anilines is 3. The number of rotatable bonds is 8. The minimum atomic E-state index is -4.55. The van der Waals surface area contributed by atoms with E-state index in [4.69, 9.17) is 0 Å². The SMILES string of the molecule is Cc1ccc(NC(=O)c2cccc(C(F)(F)F)c2)cc1NC(=O)c1ccc2nc(NCCN3CCN(C)CC3)sc2c1. The van der Waals surface area contributed by atoms with Crippen LogP contribution in [-0.2, 0) is 6.18 Å². The molecule has 12 heteroatoms. The number of benzene rings is 3. The Labute approximate surface area is 245 Å². The molecular formula is C30H31F3N6O2S. The summed E-state index contributed by atoms with van der Waals surface area (Å²) in [5, 5.41) is 9.68. The molecule has 0 spiro atoms. The van der Waals surface area contributed by atoms with Gasteiger partial charge in [-0.05, 0) is 68.1 Å². The fourth-order valence-electron chi connectivity index (χ4n) is 4.60. The number of hydrogen-bond donors (Lipinski definition) is 3. The van der Waals surface area contributed by atoms with Crippen LogP contribution in [-0.4, -0.2) is 72.9 Å². The number of nitrogens with one attached hydrogen (secondary N) is 3. The molecule has 0 atom stereocenters. The molecule has 1 fully saturated rings. The third-order valence-corrected chi connectivity index (χ3v) is 8.12. The minimum Gasteiger partial charge on any atom is -0.360 e. The van der Waals surface area contributed by atoms with Crippen LogP contribution >= 0.6 is 11.3 Å². The molecule has 2 heterocycles. The number of alkyl halides is 3. The van der Waals surface area contributed by atoms with Crippen molar-refractivity contribution in [2.45, 2.75) is 13.1 Å². The molecule has 2 amide bonds. The topological polar surface area (TPSA) is 89.6 Å². The normalized spacial score (nSPS) is 14.6. The van der Waals surface area contributed by atoms with Crippen LogP contribution in [0.15, 0.2) is 60.7 Å². The first-order valence-corrected chi connectivity index (χ1v) is 14.3. The van der Waals surface area contributed by atoms with Crippen molar-refractivity contribution in [2.24, 2.45) is 0 Å². The lowest BCUT2D eigenvalue weighted by atomic mass is 10.1. The van der Waals surface area contributed by atoms with E-state index < -0.39 is 17.6 Å². The summed E-state index contributed by atoms with van der Waals surface area (Å²) in [6.07, 6.45) is -4.55. The molecule has 1 aromatic heterocycles. The molecule has 5 rings (SSSR count). The number of aryl methyl sites for hydroxylation is 1. The van der Waals surface area contributed by atoms with Crippen molar-refractivity contribution in [1.29, 1.82) is 0 Å². The Morgan fingerprint density at radius 3 is 2.43 bits per heavy atom. The molecule has 4 aromatic rings. The van der Waals surface area contributed by atoms with Crippen LogP contribution in [0.5, 0.6) is 0 Å². The predicted molar refractivity (Wildman–Crippen MR) is 161 cm³/mol. The zero-order valence-electron chi connectivity index (χ0n) is 23.2. The molecule has 0 saturated carbocycles. The number of aromatic nitrogens is 1. The number of thiazole rings is 1. The summed E-state index contributed by atoms with van der Waals surface area (Å²) in [4.78, 5) is 35.2. The number of halogens is 3. The van der Waals surface area contributed by atoms with E-state index >= 15 is 0 Å². The van der Waals surface area contributed by atoms with Gasteiger partial charge in [0.1, 0.15) is 0 Å². The molecule has 3 aromatic carbocycles. The Morgan fingerprint density at radius 1 is 0.929 bits per heavy atom. The maximum absolute atomic E-state index is 13.1. The Hall–Kier alpha value is -4.00. The molecule has 0 aliphatic carbocycles. The summed E-state index contributed by atoms with van der Waals surface area (Å²) in [6, 6.07) is 14.4. The van der Waals surface area contributed by atoms with Crippen LogP contribution in [0.2, 0.25) is 0 Å². The summed E-state index contributed by atoms with van der Waals surface area (Å²) in [6.45, 7) is 7.80. The number of carbonyl (C=O) groups is 2. The van der Waals surface area contributed by atoms with Crippen LogP contribution in [0, 0.1) is 6.92 Å². The number of hydrogen-bond acceptors (Lipinski definition) is 7. The average molecular weight is 597 g/mol. The van der Waals surface area contributed by atoms with Gasteiger partial charge in [-0.3, -0.25) is 14.5 Å². The summed E-state index contributed by atoms with van der Waals surface area (Å²) < 4.78 is 40.0. The van der Waals surface area contributed by atoms with Gasteiger partial charge in [-0.1, -0.05) is 23.5 Å². The summed E-state index contributed by atoms with van der Waals surface area (Å²) in [5.74, 6) is -1.02. The lowest BCUT2D eigenvalue weighted by Gasteiger charge is -2.32. The van der Waals surface area contributed by atoms with Crippen LogP contribution in [0.25, 0.3) is 10.2 Å². The van der Waals surface area contributed by atoms with E-state index in [0.29, 0.717) is 16.9 Å². The van der Waals surface area contributed by atoms with E-state index in [-0.39, 0.29) is 11.5 Å². The summed E-state index contributed by atoms with van der Waals surface area (Å²) in [7, 11) is 2.14. The Bertz CT molecular complexity index is 1600. The number of piperazine rings is 1. The van der Waals surface area contributed by atoms with E-state index in [1.807, 2.05) is 6.07 Å². The van der Waals surface area contributed by atoms with Gasteiger partial charge < -0.3 is 20.9 Å². The second kappa shape index (κ2) is 12.5. The second-order valence-electron chi connectivity index (χ2n) is 10.3. The first-order chi connectivity index (χ1) is 20.0. The van der Waals surface area contributed by atoms with Gasteiger partial charge in [-0.2, -0.15) is 13.2 Å². The number of nitrogens with zero attached hydrogens (tertiary/aromatic N) is 3. The minimum absolute atomic E-state index is 0.123. The average Bonchev–Trinajstić information content (AvgIpc) is 3.37. The van der Waals surface area contributed by atoms with E-state index in [1.165, 1.54) is 23.5 Å². The third kappa shape index (κ3) is 7.25. The first kappa shape index (κ1) is 29.5. The summed E-state index contributed by atoms with van der Waals surface area (Å²) >= 11 is 1.49. The van der Waals surface area contributed by atoms with Gasteiger partial charge in [0, 0.05) is 61.8 Å². The van der Waals surface area contributed by atoms with E-state index in [1.54, 1.807) is 37.3 Å². The fraction of sp³-hybridized carbons (Fsp3) is 0.300. The Morgan fingerprint density at radius 2 is 1.67 bits per heavy atom. The zero-order valence-corrected chi connectivity index (χ0v) is 24.0. The van der Waals surface area contributed by atoms with Crippen molar-refractivity contribution in [3.05, 3.63) is 82.9 Å². The number of amides is 2. The first-order valence-electron chi connectivity index (χ1n) is 13.5. The largest absolute Gasteiger partial charge is 0.416 e. The monoisotopic (exact) mass is 596 g/mol. The van der Waals surface area contributed by atoms with Crippen molar-refractivity contribution >= 4 is 49.9 Å². The maximum atomic E-state index is 13.1. The molecule has 1 aliphatic rings. The van der Waals surface area contributed by atoms with E-state index in [9.17, 15) is 22.8 Å². The van der Waals surface area contributed by atoms with Crippen LogP contribution < -0.4 is 16.0 Å². The highest BCUT2D eigenvalue weighted by molar-refractivity contribution is 7.22. The molecular weight excluding hydrogens is 565 g/mol. The van der Waals surface area contributed by atoms with Crippen LogP contribution in [0.4, 0.5) is 29.7 Å². The number of fused-ring (bicyclic) bond motifs is 1. The Balaban J connectivity index is 1.22. The smallest absolute Gasteiger partial charge is 0.360 e. The van der Waals surface area contributed by atoms with E-state index in [0.717, 1.165) is 72.3 Å². The van der Waals surface area contributed by atoms with Gasteiger partial charge in [0.2, 0.25) is 0 Å². The standard InChI is InChI=1S/C30H31F3N6O2S/c1-19-6-8-23(35-27(40)20-4-3-5-22(16-20)30(31,32)33)18-25(19)36-28(41)21-7-9-24-26(17-21)42-29(37-24)34-10-11-39-14-12-38(2)13-15-39/h3-9,16-18H,10-15H2,1-2H3,(H,34,37)(H,35,40)(H,36,41). The lowest BCUT2D eigenvalue weighted by molar-refractivity contribution is -0.137. The molecule has 0 unspecified atom stereocenters. The van der Waals surface area contributed by atoms with Crippen molar-refractivity contribution in [3.8, 4) is 0 Å². The number of likely N-dealkylation sites (N-methyl/N-ethyl adjacent to an activating group) is 1. The molecule has 42 heavy (non-hydrogen) atoms.